The predicted octanol–water partition coefficient (Wildman–Crippen LogP) is 5.01. The van der Waals surface area contributed by atoms with Crippen LogP contribution in [0.1, 0.15) is 83.6 Å². The van der Waals surface area contributed by atoms with Crippen molar-refractivity contribution >= 4 is 12.0 Å². The van der Waals surface area contributed by atoms with Crippen molar-refractivity contribution in [2.24, 2.45) is 11.3 Å². The van der Waals surface area contributed by atoms with Crippen molar-refractivity contribution in [2.75, 3.05) is 21.2 Å². The van der Waals surface area contributed by atoms with Crippen LogP contribution in [0, 0.1) is 11.3 Å². The van der Waals surface area contributed by atoms with Crippen molar-refractivity contribution in [2.45, 2.75) is 95.8 Å². The van der Waals surface area contributed by atoms with Crippen LogP contribution in [-0.4, -0.2) is 55.4 Å². The molecule has 2 aliphatic rings. The Kier molecular flexibility index (Phi) is 9.22. The van der Waals surface area contributed by atoms with E-state index in [0.29, 0.717) is 25.0 Å². The number of aliphatic hydroxyl groups is 1. The van der Waals surface area contributed by atoms with Crippen molar-refractivity contribution in [3.63, 3.8) is 0 Å². The summed E-state index contributed by atoms with van der Waals surface area (Å²) in [6.45, 7) is 4.24. The molecule has 3 rings (SSSR count). The van der Waals surface area contributed by atoms with Gasteiger partial charge in [-0.2, -0.15) is 0 Å². The molecule has 35 heavy (non-hydrogen) atoms. The van der Waals surface area contributed by atoms with Gasteiger partial charge in [-0.15, -0.1) is 0 Å². The van der Waals surface area contributed by atoms with E-state index < -0.39 is 17.8 Å². The van der Waals surface area contributed by atoms with Crippen LogP contribution in [0.5, 0.6) is 5.75 Å². The minimum absolute atomic E-state index is 0.00436. The molecule has 0 saturated heterocycles. The second kappa shape index (κ2) is 11.7. The van der Waals surface area contributed by atoms with Crippen molar-refractivity contribution in [3.8, 4) is 5.75 Å². The summed E-state index contributed by atoms with van der Waals surface area (Å²) in [6, 6.07) is 7.59. The van der Waals surface area contributed by atoms with E-state index in [1.165, 1.54) is 6.42 Å². The first kappa shape index (κ1) is 27.5. The number of carbonyl (C=O) groups is 2. The Balaban J connectivity index is 1.69. The molecule has 1 aromatic rings. The summed E-state index contributed by atoms with van der Waals surface area (Å²) in [6.07, 6.45) is 7.27. The Morgan fingerprint density at radius 2 is 1.91 bits per heavy atom. The molecule has 1 aromatic carbocycles. The molecular formula is C28H44N2O5. The lowest BCUT2D eigenvalue weighted by atomic mass is 9.67. The number of carbonyl (C=O) groups excluding carboxylic acids is 2. The van der Waals surface area contributed by atoms with Crippen LogP contribution in [0.2, 0.25) is 0 Å². The molecule has 2 N–H and O–H groups in total. The van der Waals surface area contributed by atoms with Gasteiger partial charge in [0, 0.05) is 24.8 Å². The summed E-state index contributed by atoms with van der Waals surface area (Å²) < 4.78 is 11.1. The van der Waals surface area contributed by atoms with Gasteiger partial charge in [0.2, 0.25) is 5.91 Å². The lowest BCUT2D eigenvalue weighted by molar-refractivity contribution is -0.125. The zero-order chi connectivity index (χ0) is 25.6. The molecule has 2 amide bonds. The SMILES string of the molecule is CCC1(CC(=O)NC(=O)OC2CCC(C(C)N(C)C)C(O)(c3cccc(OC)c3)C2)CCCCC1. The smallest absolute Gasteiger partial charge is 0.414 e. The van der Waals surface area contributed by atoms with Gasteiger partial charge in [0.25, 0.3) is 0 Å². The van der Waals surface area contributed by atoms with E-state index in [2.05, 4.69) is 24.1 Å². The Bertz CT molecular complexity index is 867. The number of nitrogens with one attached hydrogen (secondary N) is 1. The van der Waals surface area contributed by atoms with Crippen LogP contribution >= 0.6 is 0 Å². The second-order valence-electron chi connectivity index (χ2n) is 10.9. The van der Waals surface area contributed by atoms with Gasteiger partial charge in [-0.3, -0.25) is 10.1 Å². The predicted molar refractivity (Wildman–Crippen MR) is 136 cm³/mol. The van der Waals surface area contributed by atoms with Crippen LogP contribution in [0.25, 0.3) is 0 Å². The van der Waals surface area contributed by atoms with Crippen molar-refractivity contribution < 1.29 is 24.2 Å². The van der Waals surface area contributed by atoms with Gasteiger partial charge in [0.1, 0.15) is 11.9 Å². The first-order valence-corrected chi connectivity index (χ1v) is 13.2. The molecule has 4 atom stereocenters. The van der Waals surface area contributed by atoms with E-state index in [1.54, 1.807) is 7.11 Å². The summed E-state index contributed by atoms with van der Waals surface area (Å²) in [5.41, 5.74) is -0.447. The molecule has 2 aliphatic carbocycles. The number of hydrogen-bond donors (Lipinski definition) is 2. The molecule has 0 aliphatic heterocycles. The molecule has 2 saturated carbocycles. The summed E-state index contributed by atoms with van der Waals surface area (Å²) >= 11 is 0. The quantitative estimate of drug-likeness (QED) is 0.535. The van der Waals surface area contributed by atoms with E-state index >= 15 is 0 Å². The first-order chi connectivity index (χ1) is 16.6. The Morgan fingerprint density at radius 3 is 2.54 bits per heavy atom. The molecule has 0 heterocycles. The number of imide groups is 1. The van der Waals surface area contributed by atoms with Gasteiger partial charge < -0.3 is 19.5 Å². The fourth-order valence-electron chi connectivity index (χ4n) is 6.17. The third-order valence-electron chi connectivity index (χ3n) is 8.63. The number of rotatable bonds is 8. The van der Waals surface area contributed by atoms with Gasteiger partial charge in [0.05, 0.1) is 12.7 Å². The van der Waals surface area contributed by atoms with Crippen LogP contribution < -0.4 is 10.1 Å². The maximum absolute atomic E-state index is 12.7. The highest BCUT2D eigenvalue weighted by atomic mass is 16.6. The van der Waals surface area contributed by atoms with Gasteiger partial charge in [0.15, 0.2) is 0 Å². The highest BCUT2D eigenvalue weighted by Gasteiger charge is 2.48. The molecule has 0 radical (unpaired) electrons. The maximum Gasteiger partial charge on any atom is 0.414 e. The first-order valence-electron chi connectivity index (χ1n) is 13.2. The highest BCUT2D eigenvalue weighted by molar-refractivity contribution is 5.92. The third kappa shape index (κ3) is 6.56. The van der Waals surface area contributed by atoms with Crippen molar-refractivity contribution in [3.05, 3.63) is 29.8 Å². The average molecular weight is 489 g/mol. The number of nitrogens with zero attached hydrogens (tertiary/aromatic N) is 1. The third-order valence-corrected chi connectivity index (χ3v) is 8.63. The number of amides is 2. The standard InChI is InChI=1S/C28H44N2O5/c1-6-27(15-8-7-9-16-27)19-25(31)29-26(32)35-23-13-14-24(20(2)30(3)4)28(33,18-23)21-11-10-12-22(17-21)34-5/h10-12,17,20,23-24,33H,6-9,13-16,18-19H2,1-5H3,(H,29,31,32). The molecule has 0 bridgehead atoms. The maximum atomic E-state index is 12.7. The van der Waals surface area contributed by atoms with Gasteiger partial charge in [-0.25, -0.2) is 4.79 Å². The fourth-order valence-corrected chi connectivity index (χ4v) is 6.17. The van der Waals surface area contributed by atoms with Gasteiger partial charge in [-0.05, 0) is 76.2 Å². The molecule has 7 heteroatoms. The summed E-state index contributed by atoms with van der Waals surface area (Å²) in [5.74, 6) is 0.354. The summed E-state index contributed by atoms with van der Waals surface area (Å²) in [4.78, 5) is 27.5. The number of methoxy groups -OCH3 is 1. The molecule has 0 aromatic heterocycles. The molecule has 4 unspecified atom stereocenters. The number of ether oxygens (including phenoxy) is 2. The topological polar surface area (TPSA) is 88.1 Å². The van der Waals surface area contributed by atoms with Crippen molar-refractivity contribution in [1.29, 1.82) is 0 Å². The molecule has 7 nitrogen and oxygen atoms in total. The van der Waals surface area contributed by atoms with Crippen LogP contribution in [-0.2, 0) is 15.1 Å². The van der Waals surface area contributed by atoms with E-state index in [-0.39, 0.29) is 29.7 Å². The zero-order valence-electron chi connectivity index (χ0n) is 22.1. The van der Waals surface area contributed by atoms with E-state index in [4.69, 9.17) is 9.47 Å². The van der Waals surface area contributed by atoms with E-state index in [1.807, 2.05) is 38.4 Å². The number of benzene rings is 1. The minimum atomic E-state index is -1.19. The number of alkyl carbamates (subject to hydrolysis) is 1. The number of hydrogen-bond acceptors (Lipinski definition) is 6. The van der Waals surface area contributed by atoms with Gasteiger partial charge >= 0.3 is 6.09 Å². The van der Waals surface area contributed by atoms with Crippen LogP contribution in [0.15, 0.2) is 24.3 Å². The Hall–Kier alpha value is -2.12. The minimum Gasteiger partial charge on any atom is -0.497 e. The molecule has 0 spiro atoms. The summed E-state index contributed by atoms with van der Waals surface area (Å²) in [5, 5.41) is 14.5. The molecular weight excluding hydrogens is 444 g/mol. The average Bonchev–Trinajstić information content (AvgIpc) is 2.84. The lowest BCUT2D eigenvalue weighted by Gasteiger charge is -2.47. The van der Waals surface area contributed by atoms with E-state index in [9.17, 15) is 14.7 Å². The molecule has 196 valence electrons. The van der Waals surface area contributed by atoms with Crippen molar-refractivity contribution in [1.82, 2.24) is 10.2 Å². The largest absolute Gasteiger partial charge is 0.497 e. The monoisotopic (exact) mass is 488 g/mol. The Labute approximate surface area is 210 Å². The van der Waals surface area contributed by atoms with Gasteiger partial charge in [-0.1, -0.05) is 38.3 Å². The highest BCUT2D eigenvalue weighted by Crippen LogP contribution is 2.46. The normalized spacial score (nSPS) is 27.2. The zero-order valence-corrected chi connectivity index (χ0v) is 22.1. The summed E-state index contributed by atoms with van der Waals surface area (Å²) in [7, 11) is 5.62. The molecule has 2 fully saturated rings. The van der Waals surface area contributed by atoms with Crippen LogP contribution in [0.4, 0.5) is 4.79 Å². The fraction of sp³-hybridized carbons (Fsp3) is 0.714. The second-order valence-corrected chi connectivity index (χ2v) is 10.9. The van der Waals surface area contributed by atoms with E-state index in [0.717, 1.165) is 37.7 Å². The Morgan fingerprint density at radius 1 is 1.20 bits per heavy atom. The lowest BCUT2D eigenvalue weighted by Crippen LogP contribution is -2.51. The van der Waals surface area contributed by atoms with Crippen LogP contribution in [0.3, 0.4) is 0 Å².